The zero-order chi connectivity index (χ0) is 10.7. The van der Waals surface area contributed by atoms with Gasteiger partial charge in [-0.05, 0) is 49.1 Å². The monoisotopic (exact) mass is 209 g/mol. The fourth-order valence-corrected chi connectivity index (χ4v) is 2.26. The number of rotatable bonds is 3. The van der Waals surface area contributed by atoms with E-state index in [2.05, 4.69) is 27.8 Å². The second kappa shape index (κ2) is 4.70. The average Bonchev–Trinajstić information content (AvgIpc) is 2.68. The van der Waals surface area contributed by atoms with E-state index in [1.54, 1.807) is 0 Å². The molecule has 0 amide bonds. The van der Waals surface area contributed by atoms with Crippen LogP contribution in [0.15, 0.2) is 0 Å². The Bertz CT molecular complexity index is 301. The molecule has 0 aliphatic heterocycles. The van der Waals surface area contributed by atoms with Crippen molar-refractivity contribution in [1.82, 2.24) is 25.5 Å². The molecular formula is C10H19N5. The lowest BCUT2D eigenvalue weighted by molar-refractivity contribution is 0.265. The first kappa shape index (κ1) is 10.5. The van der Waals surface area contributed by atoms with Gasteiger partial charge in [-0.15, -0.1) is 5.10 Å². The van der Waals surface area contributed by atoms with Crippen molar-refractivity contribution in [3.8, 4) is 0 Å². The van der Waals surface area contributed by atoms with Gasteiger partial charge >= 0.3 is 0 Å². The summed E-state index contributed by atoms with van der Waals surface area (Å²) < 4.78 is 2.00. The van der Waals surface area contributed by atoms with E-state index in [9.17, 15) is 0 Å². The minimum Gasteiger partial charge on any atom is -0.313 e. The summed E-state index contributed by atoms with van der Waals surface area (Å²) in [6.45, 7) is 3.07. The summed E-state index contributed by atoms with van der Waals surface area (Å²) in [5.41, 5.74) is 0. The van der Waals surface area contributed by atoms with E-state index in [4.69, 9.17) is 0 Å². The number of aromatic nitrogens is 4. The summed E-state index contributed by atoms with van der Waals surface area (Å²) >= 11 is 0. The van der Waals surface area contributed by atoms with Gasteiger partial charge in [0.15, 0.2) is 5.82 Å². The Morgan fingerprint density at radius 3 is 2.73 bits per heavy atom. The number of nitrogens with one attached hydrogen (secondary N) is 1. The quantitative estimate of drug-likeness (QED) is 0.811. The first-order chi connectivity index (χ1) is 7.31. The Kier molecular flexibility index (Phi) is 3.30. The summed E-state index contributed by atoms with van der Waals surface area (Å²) in [4.78, 5) is 0. The highest BCUT2D eigenvalue weighted by molar-refractivity contribution is 4.85. The van der Waals surface area contributed by atoms with Crippen LogP contribution in [0.5, 0.6) is 0 Å². The molecule has 1 aliphatic carbocycles. The Morgan fingerprint density at radius 1 is 1.33 bits per heavy atom. The Hall–Kier alpha value is -0.970. The van der Waals surface area contributed by atoms with Crippen LogP contribution in [-0.2, 0) is 6.54 Å². The summed E-state index contributed by atoms with van der Waals surface area (Å²) in [5, 5.41) is 15.0. The van der Waals surface area contributed by atoms with Gasteiger partial charge in [-0.25, -0.2) is 4.68 Å². The SMILES string of the molecule is CNCc1nnnn1C1CCC(C)CC1. The van der Waals surface area contributed by atoms with Crippen molar-refractivity contribution in [2.75, 3.05) is 7.05 Å². The molecule has 1 aromatic rings. The second-order valence-corrected chi connectivity index (χ2v) is 4.48. The van der Waals surface area contributed by atoms with Crippen molar-refractivity contribution < 1.29 is 0 Å². The Morgan fingerprint density at radius 2 is 2.07 bits per heavy atom. The highest BCUT2D eigenvalue weighted by Gasteiger charge is 2.22. The molecule has 1 aliphatic rings. The van der Waals surface area contributed by atoms with E-state index < -0.39 is 0 Å². The minimum atomic E-state index is 0.513. The topological polar surface area (TPSA) is 55.6 Å². The molecule has 5 nitrogen and oxygen atoms in total. The molecule has 2 rings (SSSR count). The number of hydrogen-bond donors (Lipinski definition) is 1. The molecule has 0 unspecified atom stereocenters. The molecule has 0 saturated heterocycles. The van der Waals surface area contributed by atoms with E-state index in [0.717, 1.165) is 18.3 Å². The third-order valence-electron chi connectivity index (χ3n) is 3.23. The van der Waals surface area contributed by atoms with Gasteiger partial charge in [-0.1, -0.05) is 6.92 Å². The molecule has 5 heteroatoms. The minimum absolute atomic E-state index is 0.513. The molecule has 84 valence electrons. The van der Waals surface area contributed by atoms with E-state index in [1.807, 2.05) is 11.7 Å². The van der Waals surface area contributed by atoms with E-state index >= 15 is 0 Å². The van der Waals surface area contributed by atoms with Crippen molar-refractivity contribution in [3.63, 3.8) is 0 Å². The van der Waals surface area contributed by atoms with Gasteiger partial charge in [0.25, 0.3) is 0 Å². The van der Waals surface area contributed by atoms with Gasteiger partial charge in [-0.3, -0.25) is 0 Å². The van der Waals surface area contributed by atoms with Crippen LogP contribution in [0.2, 0.25) is 0 Å². The van der Waals surface area contributed by atoms with Gasteiger partial charge in [0, 0.05) is 0 Å². The molecule has 1 heterocycles. The summed E-state index contributed by atoms with van der Waals surface area (Å²) in [5.74, 6) is 1.82. The molecule has 0 spiro atoms. The van der Waals surface area contributed by atoms with Crippen LogP contribution in [0.4, 0.5) is 0 Å². The van der Waals surface area contributed by atoms with Crippen molar-refractivity contribution in [2.24, 2.45) is 5.92 Å². The van der Waals surface area contributed by atoms with Crippen molar-refractivity contribution in [1.29, 1.82) is 0 Å². The molecule has 1 saturated carbocycles. The van der Waals surface area contributed by atoms with E-state index in [0.29, 0.717) is 6.04 Å². The zero-order valence-corrected chi connectivity index (χ0v) is 9.48. The summed E-state index contributed by atoms with van der Waals surface area (Å²) in [7, 11) is 1.92. The maximum absolute atomic E-state index is 4.10. The van der Waals surface area contributed by atoms with Crippen LogP contribution in [0.3, 0.4) is 0 Å². The third-order valence-corrected chi connectivity index (χ3v) is 3.23. The number of hydrogen-bond acceptors (Lipinski definition) is 4. The molecule has 0 atom stereocenters. The maximum atomic E-state index is 4.10. The smallest absolute Gasteiger partial charge is 0.165 e. The maximum Gasteiger partial charge on any atom is 0.165 e. The highest BCUT2D eigenvalue weighted by atomic mass is 15.6. The zero-order valence-electron chi connectivity index (χ0n) is 9.48. The fourth-order valence-electron chi connectivity index (χ4n) is 2.26. The molecule has 1 fully saturated rings. The largest absolute Gasteiger partial charge is 0.313 e. The molecule has 15 heavy (non-hydrogen) atoms. The standard InChI is InChI=1S/C10H19N5/c1-8-3-5-9(6-4-8)15-10(7-11-2)12-13-14-15/h8-9,11H,3-7H2,1-2H3. The average molecular weight is 209 g/mol. The number of nitrogens with zero attached hydrogens (tertiary/aromatic N) is 4. The summed E-state index contributed by atoms with van der Waals surface area (Å²) in [6, 6.07) is 0.513. The predicted octanol–water partition coefficient (Wildman–Crippen LogP) is 1.14. The van der Waals surface area contributed by atoms with Gasteiger partial charge < -0.3 is 5.32 Å². The molecular weight excluding hydrogens is 190 g/mol. The predicted molar refractivity (Wildman–Crippen MR) is 57.2 cm³/mol. The molecule has 0 aromatic carbocycles. The van der Waals surface area contributed by atoms with Crippen molar-refractivity contribution >= 4 is 0 Å². The lowest BCUT2D eigenvalue weighted by atomic mass is 9.87. The van der Waals surface area contributed by atoms with Crippen LogP contribution < -0.4 is 5.32 Å². The first-order valence-corrected chi connectivity index (χ1v) is 5.72. The summed E-state index contributed by atoms with van der Waals surface area (Å²) in [6.07, 6.45) is 5.01. The van der Waals surface area contributed by atoms with Gasteiger partial charge in [0.1, 0.15) is 0 Å². The molecule has 0 radical (unpaired) electrons. The van der Waals surface area contributed by atoms with Gasteiger partial charge in [0.2, 0.25) is 0 Å². The Labute approximate surface area is 90.2 Å². The van der Waals surface area contributed by atoms with Crippen LogP contribution >= 0.6 is 0 Å². The van der Waals surface area contributed by atoms with Crippen molar-refractivity contribution in [3.05, 3.63) is 5.82 Å². The van der Waals surface area contributed by atoms with Crippen LogP contribution in [0.1, 0.15) is 44.5 Å². The Balaban J connectivity index is 2.05. The first-order valence-electron chi connectivity index (χ1n) is 5.72. The normalized spacial score (nSPS) is 26.8. The molecule has 1 aromatic heterocycles. The van der Waals surface area contributed by atoms with Crippen LogP contribution in [-0.4, -0.2) is 27.3 Å². The van der Waals surface area contributed by atoms with Gasteiger partial charge in [-0.2, -0.15) is 0 Å². The van der Waals surface area contributed by atoms with Gasteiger partial charge in [0.05, 0.1) is 12.6 Å². The van der Waals surface area contributed by atoms with E-state index in [1.165, 1.54) is 25.7 Å². The fraction of sp³-hybridized carbons (Fsp3) is 0.900. The second-order valence-electron chi connectivity index (χ2n) is 4.48. The third kappa shape index (κ3) is 2.34. The van der Waals surface area contributed by atoms with Crippen molar-refractivity contribution in [2.45, 2.75) is 45.2 Å². The van der Waals surface area contributed by atoms with Crippen LogP contribution in [0, 0.1) is 5.92 Å². The lowest BCUT2D eigenvalue weighted by Crippen LogP contribution is -2.22. The van der Waals surface area contributed by atoms with E-state index in [-0.39, 0.29) is 0 Å². The number of tetrazole rings is 1. The molecule has 0 bridgehead atoms. The highest BCUT2D eigenvalue weighted by Crippen LogP contribution is 2.31. The molecule has 1 N–H and O–H groups in total. The van der Waals surface area contributed by atoms with Crippen LogP contribution in [0.25, 0.3) is 0 Å². The lowest BCUT2D eigenvalue weighted by Gasteiger charge is -2.26.